The Hall–Kier alpha value is -3.80. The number of rotatable bonds is 12. The van der Waals surface area contributed by atoms with E-state index in [2.05, 4.69) is 0 Å². The summed E-state index contributed by atoms with van der Waals surface area (Å²) in [6, 6.07) is 22.0. The van der Waals surface area contributed by atoms with E-state index in [9.17, 15) is 9.59 Å². The van der Waals surface area contributed by atoms with Crippen molar-refractivity contribution in [3.8, 4) is 28.4 Å². The predicted octanol–water partition coefficient (Wildman–Crippen LogP) is 6.33. The van der Waals surface area contributed by atoms with Gasteiger partial charge in [-0.1, -0.05) is 38.1 Å². The lowest BCUT2D eigenvalue weighted by Gasteiger charge is -2.10. The summed E-state index contributed by atoms with van der Waals surface area (Å²) in [6.07, 6.45) is 1.36. The van der Waals surface area contributed by atoms with Crippen LogP contribution in [-0.4, -0.2) is 31.8 Å². The Balaban J connectivity index is 1.45. The third-order valence-corrected chi connectivity index (χ3v) is 5.47. The fraction of sp³-hybridized carbons (Fsp3) is 0.310. The molecule has 6 heteroatoms. The number of carbonyl (C=O) groups is 2. The maximum atomic E-state index is 12.5. The van der Waals surface area contributed by atoms with Gasteiger partial charge in [0.25, 0.3) is 0 Å². The van der Waals surface area contributed by atoms with Gasteiger partial charge in [0.15, 0.2) is 0 Å². The Morgan fingerprint density at radius 3 is 1.83 bits per heavy atom. The third-order valence-electron chi connectivity index (χ3n) is 5.47. The molecule has 0 aliphatic rings. The van der Waals surface area contributed by atoms with Crippen molar-refractivity contribution in [1.82, 2.24) is 0 Å². The molecule has 0 saturated carbocycles. The largest absolute Gasteiger partial charge is 0.494 e. The quantitative estimate of drug-likeness (QED) is 0.173. The molecule has 1 unspecified atom stereocenters. The van der Waals surface area contributed by atoms with Gasteiger partial charge >= 0.3 is 11.9 Å². The lowest BCUT2D eigenvalue weighted by atomic mass is 10.1. The SMILES string of the molecule is CCOc1ccc(-c2ccc(OC(=O)c3ccc(OCCCOC(=O)C(C)CC)cc3)cc2)cc1. The number of hydrogen-bond donors (Lipinski definition) is 0. The highest BCUT2D eigenvalue weighted by atomic mass is 16.5. The maximum absolute atomic E-state index is 12.5. The van der Waals surface area contributed by atoms with Crippen molar-refractivity contribution in [2.24, 2.45) is 5.92 Å². The van der Waals surface area contributed by atoms with Crippen LogP contribution in [0.25, 0.3) is 11.1 Å². The molecule has 1 atom stereocenters. The zero-order valence-electron chi connectivity index (χ0n) is 20.5. The molecule has 0 fully saturated rings. The number of carbonyl (C=O) groups excluding carboxylic acids is 2. The highest BCUT2D eigenvalue weighted by Crippen LogP contribution is 2.25. The van der Waals surface area contributed by atoms with Crippen LogP contribution in [-0.2, 0) is 9.53 Å². The van der Waals surface area contributed by atoms with Crippen LogP contribution in [0.1, 0.15) is 44.0 Å². The first-order valence-corrected chi connectivity index (χ1v) is 11.9. The number of ether oxygens (including phenoxy) is 4. The van der Waals surface area contributed by atoms with Crippen LogP contribution < -0.4 is 14.2 Å². The molecule has 3 rings (SSSR count). The molecule has 0 spiro atoms. The van der Waals surface area contributed by atoms with E-state index in [-0.39, 0.29) is 11.9 Å². The van der Waals surface area contributed by atoms with Crippen molar-refractivity contribution in [1.29, 1.82) is 0 Å². The van der Waals surface area contributed by atoms with Gasteiger partial charge in [-0.2, -0.15) is 0 Å². The van der Waals surface area contributed by atoms with Crippen molar-refractivity contribution in [3.63, 3.8) is 0 Å². The van der Waals surface area contributed by atoms with Crippen molar-refractivity contribution in [2.45, 2.75) is 33.6 Å². The molecule has 184 valence electrons. The van der Waals surface area contributed by atoms with Crippen molar-refractivity contribution < 1.29 is 28.5 Å². The van der Waals surface area contributed by atoms with Crippen LogP contribution in [0.3, 0.4) is 0 Å². The molecule has 6 nitrogen and oxygen atoms in total. The van der Waals surface area contributed by atoms with Crippen LogP contribution in [0.4, 0.5) is 0 Å². The zero-order valence-corrected chi connectivity index (χ0v) is 20.5. The van der Waals surface area contributed by atoms with Crippen LogP contribution in [0.2, 0.25) is 0 Å². The highest BCUT2D eigenvalue weighted by molar-refractivity contribution is 5.91. The molecule has 0 bridgehead atoms. The van der Waals surface area contributed by atoms with E-state index in [0.717, 1.165) is 23.3 Å². The van der Waals surface area contributed by atoms with Crippen molar-refractivity contribution in [3.05, 3.63) is 78.4 Å². The normalized spacial score (nSPS) is 11.4. The molecule has 0 aliphatic carbocycles. The van der Waals surface area contributed by atoms with E-state index in [0.29, 0.717) is 43.3 Å². The second-order valence-corrected chi connectivity index (χ2v) is 8.07. The molecule has 3 aromatic rings. The number of esters is 2. The minimum Gasteiger partial charge on any atom is -0.494 e. The summed E-state index contributed by atoms with van der Waals surface area (Å²) in [5.41, 5.74) is 2.50. The molecule has 0 amide bonds. The number of hydrogen-bond acceptors (Lipinski definition) is 6. The Morgan fingerprint density at radius 1 is 0.714 bits per heavy atom. The van der Waals surface area contributed by atoms with E-state index < -0.39 is 5.97 Å². The van der Waals surface area contributed by atoms with Crippen molar-refractivity contribution >= 4 is 11.9 Å². The summed E-state index contributed by atoms with van der Waals surface area (Å²) in [5.74, 6) is 1.23. The molecule has 0 aliphatic heterocycles. The summed E-state index contributed by atoms with van der Waals surface area (Å²) in [5, 5.41) is 0. The molecule has 35 heavy (non-hydrogen) atoms. The first-order chi connectivity index (χ1) is 17.0. The first-order valence-electron chi connectivity index (χ1n) is 11.9. The molecule has 0 aromatic heterocycles. The van der Waals surface area contributed by atoms with E-state index in [4.69, 9.17) is 18.9 Å². The second kappa shape index (κ2) is 13.2. The van der Waals surface area contributed by atoms with E-state index in [1.165, 1.54) is 0 Å². The average molecular weight is 477 g/mol. The van der Waals surface area contributed by atoms with Crippen LogP contribution in [0.15, 0.2) is 72.8 Å². The second-order valence-electron chi connectivity index (χ2n) is 8.07. The lowest BCUT2D eigenvalue weighted by Crippen LogP contribution is -2.15. The Morgan fingerprint density at radius 2 is 1.26 bits per heavy atom. The van der Waals surface area contributed by atoms with Gasteiger partial charge in [-0.3, -0.25) is 4.79 Å². The molecule has 3 aromatic carbocycles. The van der Waals surface area contributed by atoms with E-state index in [1.807, 2.05) is 57.2 Å². The van der Waals surface area contributed by atoms with Gasteiger partial charge in [-0.05, 0) is 73.0 Å². The van der Waals surface area contributed by atoms with Crippen molar-refractivity contribution in [2.75, 3.05) is 19.8 Å². The Bertz CT molecular complexity index is 1070. The summed E-state index contributed by atoms with van der Waals surface area (Å²) in [4.78, 5) is 24.1. The standard InChI is InChI=1S/C29H32O6/c1-4-21(3)28(30)34-20-6-19-33-26-15-11-24(12-16-26)29(31)35-27-17-9-23(10-18-27)22-7-13-25(14-8-22)32-5-2/h7-18,21H,4-6,19-20H2,1-3H3. The summed E-state index contributed by atoms with van der Waals surface area (Å²) in [7, 11) is 0. The fourth-order valence-electron chi connectivity index (χ4n) is 3.21. The van der Waals surface area contributed by atoms with E-state index >= 15 is 0 Å². The van der Waals surface area contributed by atoms with Gasteiger partial charge < -0.3 is 18.9 Å². The smallest absolute Gasteiger partial charge is 0.343 e. The monoisotopic (exact) mass is 476 g/mol. The highest BCUT2D eigenvalue weighted by Gasteiger charge is 2.12. The third kappa shape index (κ3) is 7.88. The first kappa shape index (κ1) is 25.8. The minimum absolute atomic E-state index is 0.0839. The van der Waals surface area contributed by atoms with Gasteiger partial charge in [0.1, 0.15) is 17.2 Å². The Kier molecular flexibility index (Phi) is 9.72. The minimum atomic E-state index is -0.442. The topological polar surface area (TPSA) is 71.1 Å². The molecule has 0 heterocycles. The van der Waals surface area contributed by atoms with Gasteiger partial charge in [-0.25, -0.2) is 4.79 Å². The summed E-state index contributed by atoms with van der Waals surface area (Å²) >= 11 is 0. The van der Waals surface area contributed by atoms with Gasteiger partial charge in [0.05, 0.1) is 31.3 Å². The van der Waals surface area contributed by atoms with Crippen LogP contribution >= 0.6 is 0 Å². The van der Waals surface area contributed by atoms with Gasteiger partial charge in [0, 0.05) is 6.42 Å². The van der Waals surface area contributed by atoms with Crippen LogP contribution in [0, 0.1) is 5.92 Å². The molecule has 0 saturated heterocycles. The van der Waals surface area contributed by atoms with Gasteiger partial charge in [0.2, 0.25) is 0 Å². The molecular weight excluding hydrogens is 444 g/mol. The molecular formula is C29H32O6. The average Bonchev–Trinajstić information content (AvgIpc) is 2.89. The lowest BCUT2D eigenvalue weighted by molar-refractivity contribution is -0.148. The van der Waals surface area contributed by atoms with E-state index in [1.54, 1.807) is 36.4 Å². The summed E-state index contributed by atoms with van der Waals surface area (Å²) < 4.78 is 21.8. The van der Waals surface area contributed by atoms with Gasteiger partial charge in [-0.15, -0.1) is 0 Å². The molecule has 0 N–H and O–H groups in total. The fourth-order valence-corrected chi connectivity index (χ4v) is 3.21. The molecule has 0 radical (unpaired) electrons. The number of benzene rings is 3. The maximum Gasteiger partial charge on any atom is 0.343 e. The summed E-state index contributed by atoms with van der Waals surface area (Å²) in [6.45, 7) is 7.13. The predicted molar refractivity (Wildman–Crippen MR) is 135 cm³/mol. The zero-order chi connectivity index (χ0) is 25.0. The van der Waals surface area contributed by atoms with Crippen LogP contribution in [0.5, 0.6) is 17.2 Å². The Labute approximate surface area is 206 Å².